The number of aromatic amines is 1. The van der Waals surface area contributed by atoms with Gasteiger partial charge in [0.1, 0.15) is 11.7 Å². The SMILES string of the molecule is CC(C(=O)O)C(=O)Nc1ccc2nc(C3CCC3)[nH]c2c1. The van der Waals surface area contributed by atoms with E-state index in [2.05, 4.69) is 15.3 Å². The normalized spacial score (nSPS) is 16.4. The summed E-state index contributed by atoms with van der Waals surface area (Å²) in [5, 5.41) is 11.4. The van der Waals surface area contributed by atoms with Crippen LogP contribution in [0.5, 0.6) is 0 Å². The Morgan fingerprint density at radius 2 is 2.19 bits per heavy atom. The van der Waals surface area contributed by atoms with E-state index in [1.54, 1.807) is 12.1 Å². The van der Waals surface area contributed by atoms with Crippen LogP contribution in [0.25, 0.3) is 11.0 Å². The summed E-state index contributed by atoms with van der Waals surface area (Å²) in [4.78, 5) is 30.4. The van der Waals surface area contributed by atoms with Gasteiger partial charge in [-0.3, -0.25) is 9.59 Å². The van der Waals surface area contributed by atoms with Crippen molar-refractivity contribution in [3.63, 3.8) is 0 Å². The van der Waals surface area contributed by atoms with Gasteiger partial charge in [-0.2, -0.15) is 0 Å². The number of anilines is 1. The molecule has 1 saturated carbocycles. The molecule has 6 heteroatoms. The molecular formula is C15H17N3O3. The van der Waals surface area contributed by atoms with E-state index in [9.17, 15) is 9.59 Å². The van der Waals surface area contributed by atoms with Crippen LogP contribution < -0.4 is 5.32 Å². The summed E-state index contributed by atoms with van der Waals surface area (Å²) in [5.74, 6) is -1.22. The Morgan fingerprint density at radius 1 is 1.43 bits per heavy atom. The zero-order valence-corrected chi connectivity index (χ0v) is 11.7. The molecule has 110 valence electrons. The third-order valence-corrected chi connectivity index (χ3v) is 4.02. The van der Waals surface area contributed by atoms with E-state index in [-0.39, 0.29) is 0 Å². The topological polar surface area (TPSA) is 95.1 Å². The number of carbonyl (C=O) groups excluding carboxylic acids is 1. The molecule has 3 rings (SSSR count). The van der Waals surface area contributed by atoms with Gasteiger partial charge in [0.25, 0.3) is 0 Å². The average molecular weight is 287 g/mol. The number of carboxylic acid groups (broad SMARTS) is 1. The lowest BCUT2D eigenvalue weighted by atomic mass is 9.85. The summed E-state index contributed by atoms with van der Waals surface area (Å²) in [7, 11) is 0. The summed E-state index contributed by atoms with van der Waals surface area (Å²) >= 11 is 0. The molecule has 0 aliphatic heterocycles. The van der Waals surface area contributed by atoms with Gasteiger partial charge in [0.15, 0.2) is 0 Å². The first-order valence-corrected chi connectivity index (χ1v) is 7.08. The second-order valence-corrected chi connectivity index (χ2v) is 5.53. The Labute approximate surface area is 121 Å². The first-order valence-electron chi connectivity index (χ1n) is 7.08. The van der Waals surface area contributed by atoms with Crippen LogP contribution in [0, 0.1) is 5.92 Å². The molecular weight excluding hydrogens is 270 g/mol. The van der Waals surface area contributed by atoms with E-state index in [4.69, 9.17) is 5.11 Å². The third kappa shape index (κ3) is 2.61. The van der Waals surface area contributed by atoms with Crippen LogP contribution in [-0.4, -0.2) is 27.0 Å². The Balaban J connectivity index is 1.80. The monoisotopic (exact) mass is 287 g/mol. The van der Waals surface area contributed by atoms with Crippen molar-refractivity contribution in [3.05, 3.63) is 24.0 Å². The van der Waals surface area contributed by atoms with Gasteiger partial charge in [-0.15, -0.1) is 0 Å². The Kier molecular flexibility index (Phi) is 3.37. The number of amides is 1. The number of hydrogen-bond donors (Lipinski definition) is 3. The number of nitrogens with zero attached hydrogens (tertiary/aromatic N) is 1. The van der Waals surface area contributed by atoms with Gasteiger partial charge in [0.05, 0.1) is 11.0 Å². The molecule has 3 N–H and O–H groups in total. The number of rotatable bonds is 4. The fourth-order valence-electron chi connectivity index (χ4n) is 2.34. The quantitative estimate of drug-likeness (QED) is 0.753. The van der Waals surface area contributed by atoms with Crippen molar-refractivity contribution < 1.29 is 14.7 Å². The van der Waals surface area contributed by atoms with E-state index in [0.29, 0.717) is 11.6 Å². The molecule has 0 saturated heterocycles. The molecule has 0 spiro atoms. The molecule has 6 nitrogen and oxygen atoms in total. The first kappa shape index (κ1) is 13.6. The molecule has 1 aromatic heterocycles. The Morgan fingerprint density at radius 3 is 2.81 bits per heavy atom. The fourth-order valence-corrected chi connectivity index (χ4v) is 2.34. The van der Waals surface area contributed by atoms with Crippen LogP contribution in [0.2, 0.25) is 0 Å². The molecule has 0 bridgehead atoms. The van der Waals surface area contributed by atoms with Crippen molar-refractivity contribution >= 4 is 28.6 Å². The number of aromatic nitrogens is 2. The highest BCUT2D eigenvalue weighted by Gasteiger charge is 2.23. The van der Waals surface area contributed by atoms with Gasteiger partial charge in [-0.05, 0) is 38.0 Å². The van der Waals surface area contributed by atoms with Crippen molar-refractivity contribution in [2.24, 2.45) is 5.92 Å². The standard InChI is InChI=1S/C15H17N3O3/c1-8(15(20)21)14(19)16-10-5-6-11-12(7-10)18-13(17-11)9-3-2-4-9/h5-9H,2-4H2,1H3,(H,16,19)(H,17,18)(H,20,21). The predicted octanol–water partition coefficient (Wildman–Crippen LogP) is 2.49. The maximum atomic E-state index is 11.7. The Hall–Kier alpha value is -2.37. The molecule has 0 radical (unpaired) electrons. The van der Waals surface area contributed by atoms with Crippen molar-refractivity contribution in [2.75, 3.05) is 5.32 Å². The summed E-state index contributed by atoms with van der Waals surface area (Å²) in [6.07, 6.45) is 3.58. The fraction of sp³-hybridized carbons (Fsp3) is 0.400. The van der Waals surface area contributed by atoms with E-state index < -0.39 is 17.8 Å². The number of benzene rings is 1. The number of H-pyrrole nitrogens is 1. The van der Waals surface area contributed by atoms with Crippen molar-refractivity contribution in [1.29, 1.82) is 0 Å². The summed E-state index contributed by atoms with van der Waals surface area (Å²) in [6, 6.07) is 5.35. The molecule has 1 amide bonds. The van der Waals surface area contributed by atoms with E-state index in [1.807, 2.05) is 6.07 Å². The van der Waals surface area contributed by atoms with Gasteiger partial charge in [0, 0.05) is 11.6 Å². The predicted molar refractivity (Wildman–Crippen MR) is 78.1 cm³/mol. The lowest BCUT2D eigenvalue weighted by Gasteiger charge is -2.22. The van der Waals surface area contributed by atoms with Crippen molar-refractivity contribution in [1.82, 2.24) is 9.97 Å². The molecule has 1 fully saturated rings. The highest BCUT2D eigenvalue weighted by Crippen LogP contribution is 2.35. The molecule has 1 heterocycles. The van der Waals surface area contributed by atoms with Crippen LogP contribution in [-0.2, 0) is 9.59 Å². The summed E-state index contributed by atoms with van der Waals surface area (Å²) in [5.41, 5.74) is 2.29. The number of carbonyl (C=O) groups is 2. The first-order chi connectivity index (χ1) is 10.0. The number of aliphatic carboxylic acids is 1. The van der Waals surface area contributed by atoms with E-state index in [1.165, 1.54) is 26.2 Å². The van der Waals surface area contributed by atoms with Crippen molar-refractivity contribution in [3.8, 4) is 0 Å². The second kappa shape index (κ2) is 5.20. The highest BCUT2D eigenvalue weighted by molar-refractivity contribution is 6.04. The van der Waals surface area contributed by atoms with Gasteiger partial charge < -0.3 is 15.4 Å². The van der Waals surface area contributed by atoms with Crippen LogP contribution in [0.1, 0.15) is 37.9 Å². The number of nitrogens with one attached hydrogen (secondary N) is 2. The minimum Gasteiger partial charge on any atom is -0.481 e. The summed E-state index contributed by atoms with van der Waals surface area (Å²) in [6.45, 7) is 1.36. The lowest BCUT2D eigenvalue weighted by Crippen LogP contribution is -2.26. The molecule has 1 aliphatic rings. The van der Waals surface area contributed by atoms with Crippen LogP contribution in [0.4, 0.5) is 5.69 Å². The number of hydrogen-bond acceptors (Lipinski definition) is 3. The smallest absolute Gasteiger partial charge is 0.315 e. The maximum Gasteiger partial charge on any atom is 0.315 e. The second-order valence-electron chi connectivity index (χ2n) is 5.53. The minimum absolute atomic E-state index is 0.516. The molecule has 2 aromatic rings. The zero-order chi connectivity index (χ0) is 15.0. The number of fused-ring (bicyclic) bond motifs is 1. The molecule has 1 atom stereocenters. The largest absolute Gasteiger partial charge is 0.481 e. The molecule has 1 aliphatic carbocycles. The van der Waals surface area contributed by atoms with Gasteiger partial charge >= 0.3 is 5.97 Å². The lowest BCUT2D eigenvalue weighted by molar-refractivity contribution is -0.144. The van der Waals surface area contributed by atoms with Crippen LogP contribution in [0.3, 0.4) is 0 Å². The van der Waals surface area contributed by atoms with Crippen LogP contribution in [0.15, 0.2) is 18.2 Å². The molecule has 1 aromatic carbocycles. The maximum absolute atomic E-state index is 11.7. The summed E-state index contributed by atoms with van der Waals surface area (Å²) < 4.78 is 0. The average Bonchev–Trinajstić information content (AvgIpc) is 2.77. The van der Waals surface area contributed by atoms with Crippen LogP contribution >= 0.6 is 0 Å². The highest BCUT2D eigenvalue weighted by atomic mass is 16.4. The Bertz CT molecular complexity index is 703. The number of carboxylic acids is 1. The van der Waals surface area contributed by atoms with E-state index in [0.717, 1.165) is 16.9 Å². The van der Waals surface area contributed by atoms with Gasteiger partial charge in [-0.25, -0.2) is 4.98 Å². The van der Waals surface area contributed by atoms with Gasteiger partial charge in [-0.1, -0.05) is 6.42 Å². The minimum atomic E-state index is -1.14. The van der Waals surface area contributed by atoms with E-state index >= 15 is 0 Å². The van der Waals surface area contributed by atoms with Gasteiger partial charge in [0.2, 0.25) is 5.91 Å². The number of imidazole rings is 1. The third-order valence-electron chi connectivity index (χ3n) is 4.02. The van der Waals surface area contributed by atoms with Crippen molar-refractivity contribution in [2.45, 2.75) is 32.1 Å². The molecule has 1 unspecified atom stereocenters. The zero-order valence-electron chi connectivity index (χ0n) is 11.7. The molecule has 21 heavy (non-hydrogen) atoms.